The minimum absolute atomic E-state index is 0. The lowest BCUT2D eigenvalue weighted by atomic mass is 9.90. The van der Waals surface area contributed by atoms with Crippen LogP contribution >= 0.6 is 12.4 Å². The van der Waals surface area contributed by atoms with Crippen molar-refractivity contribution in [3.63, 3.8) is 0 Å². The molecule has 26 heavy (non-hydrogen) atoms. The van der Waals surface area contributed by atoms with Crippen molar-refractivity contribution in [2.75, 3.05) is 20.1 Å². The number of likely N-dealkylation sites (tertiary alicyclic amines) is 1. The van der Waals surface area contributed by atoms with Crippen molar-refractivity contribution in [1.82, 2.24) is 9.21 Å². The highest BCUT2D eigenvalue weighted by molar-refractivity contribution is 7.89. The predicted octanol–water partition coefficient (Wildman–Crippen LogP) is 2.34. The summed E-state index contributed by atoms with van der Waals surface area (Å²) in [5, 5.41) is 0. The Morgan fingerprint density at radius 1 is 1.15 bits per heavy atom. The largest absolute Gasteiger partial charge is 0.339 e. The molecule has 0 aromatic heterocycles. The van der Waals surface area contributed by atoms with Crippen molar-refractivity contribution in [3.8, 4) is 0 Å². The summed E-state index contributed by atoms with van der Waals surface area (Å²) in [5.74, 6) is 0.410. The van der Waals surface area contributed by atoms with Gasteiger partial charge in [-0.1, -0.05) is 0 Å². The van der Waals surface area contributed by atoms with Gasteiger partial charge in [0.15, 0.2) is 0 Å². The number of halogens is 1. The SMILES string of the molecule is CC(N)C1CCN(C(=O)c2ccc(S(=O)(=O)N(C)C(C)C)cc2)CC1.Cl. The predicted molar refractivity (Wildman–Crippen MR) is 106 cm³/mol. The van der Waals surface area contributed by atoms with E-state index in [0.29, 0.717) is 24.6 Å². The molecule has 2 N–H and O–H groups in total. The molecule has 1 aromatic carbocycles. The van der Waals surface area contributed by atoms with Gasteiger partial charge in [0.25, 0.3) is 5.91 Å². The van der Waals surface area contributed by atoms with E-state index in [1.54, 1.807) is 19.2 Å². The van der Waals surface area contributed by atoms with E-state index in [9.17, 15) is 13.2 Å². The maximum absolute atomic E-state index is 12.6. The Balaban J connectivity index is 0.00000338. The molecule has 8 heteroatoms. The van der Waals surface area contributed by atoms with E-state index in [2.05, 4.69) is 0 Å². The second-order valence-corrected chi connectivity index (χ2v) is 9.13. The number of amides is 1. The molecule has 0 radical (unpaired) electrons. The standard InChI is InChI=1S/C18H29N3O3S.ClH/c1-13(2)20(4)25(23,24)17-7-5-16(6-8-17)18(22)21-11-9-15(10-12-21)14(3)19;/h5-8,13-15H,9-12,19H2,1-4H3;1H. The monoisotopic (exact) mass is 403 g/mol. The van der Waals surface area contributed by atoms with Crippen LogP contribution in [0.1, 0.15) is 44.0 Å². The van der Waals surface area contributed by atoms with E-state index in [-0.39, 0.29) is 35.3 Å². The molecule has 6 nitrogen and oxygen atoms in total. The molecule has 1 atom stereocenters. The third-order valence-corrected chi connectivity index (χ3v) is 7.12. The van der Waals surface area contributed by atoms with Gasteiger partial charge in [0, 0.05) is 37.8 Å². The summed E-state index contributed by atoms with van der Waals surface area (Å²) in [6.07, 6.45) is 1.82. The Kier molecular flexibility index (Phi) is 8.07. The molecular formula is C18H30ClN3O3S. The first-order valence-electron chi connectivity index (χ1n) is 8.77. The summed E-state index contributed by atoms with van der Waals surface area (Å²) in [6, 6.07) is 6.24. The van der Waals surface area contributed by atoms with Gasteiger partial charge in [-0.15, -0.1) is 12.4 Å². The van der Waals surface area contributed by atoms with Crippen molar-refractivity contribution in [2.24, 2.45) is 11.7 Å². The Bertz CT molecular complexity index is 697. The fourth-order valence-electron chi connectivity index (χ4n) is 3.02. The summed E-state index contributed by atoms with van der Waals surface area (Å²) >= 11 is 0. The van der Waals surface area contributed by atoms with Crippen LogP contribution in [0.25, 0.3) is 0 Å². The number of piperidine rings is 1. The van der Waals surface area contributed by atoms with Gasteiger partial charge in [-0.25, -0.2) is 8.42 Å². The molecular weight excluding hydrogens is 374 g/mol. The number of nitrogens with zero attached hydrogens (tertiary/aromatic N) is 2. The molecule has 1 amide bonds. The number of hydrogen-bond acceptors (Lipinski definition) is 4. The summed E-state index contributed by atoms with van der Waals surface area (Å²) in [6.45, 7) is 7.04. The van der Waals surface area contributed by atoms with Gasteiger partial charge < -0.3 is 10.6 Å². The molecule has 1 unspecified atom stereocenters. The van der Waals surface area contributed by atoms with Crippen LogP contribution in [0.4, 0.5) is 0 Å². The van der Waals surface area contributed by atoms with E-state index in [0.717, 1.165) is 12.8 Å². The Hall–Kier alpha value is -1.15. The molecule has 1 saturated heterocycles. The van der Waals surface area contributed by atoms with E-state index >= 15 is 0 Å². The molecule has 0 bridgehead atoms. The summed E-state index contributed by atoms with van der Waals surface area (Å²) in [4.78, 5) is 14.6. The van der Waals surface area contributed by atoms with Gasteiger partial charge in [0.05, 0.1) is 4.90 Å². The maximum atomic E-state index is 12.6. The highest BCUT2D eigenvalue weighted by Gasteiger charge is 2.27. The van der Waals surface area contributed by atoms with Crippen LogP contribution in [0.2, 0.25) is 0 Å². The normalized spacial score (nSPS) is 17.3. The molecule has 1 aliphatic rings. The van der Waals surface area contributed by atoms with Gasteiger partial charge in [0.1, 0.15) is 0 Å². The fourth-order valence-corrected chi connectivity index (χ4v) is 4.39. The first-order chi connectivity index (χ1) is 11.6. The average molecular weight is 404 g/mol. The van der Waals surface area contributed by atoms with Gasteiger partial charge in [-0.3, -0.25) is 4.79 Å². The van der Waals surface area contributed by atoms with E-state index in [1.807, 2.05) is 25.7 Å². The zero-order valence-corrected chi connectivity index (χ0v) is 17.5. The highest BCUT2D eigenvalue weighted by Crippen LogP contribution is 2.22. The number of nitrogens with two attached hydrogens (primary N) is 1. The van der Waals surface area contributed by atoms with Gasteiger partial charge in [-0.05, 0) is 63.8 Å². The lowest BCUT2D eigenvalue weighted by molar-refractivity contribution is 0.0681. The number of carbonyl (C=O) groups excluding carboxylic acids is 1. The number of sulfonamides is 1. The smallest absolute Gasteiger partial charge is 0.253 e. The fraction of sp³-hybridized carbons (Fsp3) is 0.611. The third-order valence-electron chi connectivity index (χ3n) is 5.08. The Morgan fingerprint density at radius 2 is 1.65 bits per heavy atom. The van der Waals surface area contributed by atoms with Crippen LogP contribution in [-0.2, 0) is 10.0 Å². The number of hydrogen-bond donors (Lipinski definition) is 1. The second-order valence-electron chi connectivity index (χ2n) is 7.13. The van der Waals surface area contributed by atoms with Crippen molar-refractivity contribution >= 4 is 28.3 Å². The molecule has 1 aliphatic heterocycles. The Morgan fingerprint density at radius 3 is 2.08 bits per heavy atom. The van der Waals surface area contributed by atoms with Gasteiger partial charge >= 0.3 is 0 Å². The minimum atomic E-state index is -3.53. The third kappa shape index (κ3) is 4.97. The van der Waals surface area contributed by atoms with Crippen LogP contribution in [0, 0.1) is 5.92 Å². The molecule has 148 valence electrons. The van der Waals surface area contributed by atoms with Gasteiger partial charge in [0.2, 0.25) is 10.0 Å². The quantitative estimate of drug-likeness (QED) is 0.817. The molecule has 1 fully saturated rings. The number of benzene rings is 1. The lowest BCUT2D eigenvalue weighted by Crippen LogP contribution is -2.42. The molecule has 0 aliphatic carbocycles. The first kappa shape index (κ1) is 22.9. The highest BCUT2D eigenvalue weighted by atomic mass is 35.5. The van der Waals surface area contributed by atoms with Crippen LogP contribution in [-0.4, -0.2) is 55.8 Å². The van der Waals surface area contributed by atoms with Gasteiger partial charge in [-0.2, -0.15) is 4.31 Å². The first-order valence-corrected chi connectivity index (χ1v) is 10.2. The van der Waals surface area contributed by atoms with Crippen molar-refractivity contribution in [3.05, 3.63) is 29.8 Å². The molecule has 0 saturated carbocycles. The summed E-state index contributed by atoms with van der Waals surface area (Å²) < 4.78 is 26.3. The van der Waals surface area contributed by atoms with E-state index in [1.165, 1.54) is 16.4 Å². The minimum Gasteiger partial charge on any atom is -0.339 e. The van der Waals surface area contributed by atoms with Crippen LogP contribution in [0.15, 0.2) is 29.2 Å². The van der Waals surface area contributed by atoms with Crippen molar-refractivity contribution in [2.45, 2.75) is 50.6 Å². The number of rotatable bonds is 5. The molecule has 1 heterocycles. The summed E-state index contributed by atoms with van der Waals surface area (Å²) in [5.41, 5.74) is 6.46. The molecule has 1 aromatic rings. The topological polar surface area (TPSA) is 83.7 Å². The lowest BCUT2D eigenvalue weighted by Gasteiger charge is -2.33. The zero-order chi connectivity index (χ0) is 18.8. The molecule has 0 spiro atoms. The van der Waals surface area contributed by atoms with E-state index in [4.69, 9.17) is 5.73 Å². The number of carbonyl (C=O) groups is 1. The van der Waals surface area contributed by atoms with Crippen molar-refractivity contribution in [1.29, 1.82) is 0 Å². The van der Waals surface area contributed by atoms with Crippen LogP contribution in [0.5, 0.6) is 0 Å². The zero-order valence-electron chi connectivity index (χ0n) is 15.9. The summed E-state index contributed by atoms with van der Waals surface area (Å²) in [7, 11) is -1.97. The second kappa shape index (κ2) is 9.17. The average Bonchev–Trinajstić information content (AvgIpc) is 2.60. The van der Waals surface area contributed by atoms with Crippen molar-refractivity contribution < 1.29 is 13.2 Å². The Labute approximate surface area is 163 Å². The molecule has 2 rings (SSSR count). The van der Waals surface area contributed by atoms with E-state index < -0.39 is 10.0 Å². The van der Waals surface area contributed by atoms with Crippen LogP contribution in [0.3, 0.4) is 0 Å². The van der Waals surface area contributed by atoms with Crippen LogP contribution < -0.4 is 5.73 Å². The maximum Gasteiger partial charge on any atom is 0.253 e.